The van der Waals surface area contributed by atoms with Crippen molar-refractivity contribution in [3.8, 4) is 0 Å². The highest BCUT2D eigenvalue weighted by molar-refractivity contribution is 5.76. The molecule has 0 heterocycles. The third kappa shape index (κ3) is 7.27. The first-order chi connectivity index (χ1) is 11.0. The molecule has 0 atom stereocenters. The number of carbonyl (C=O) groups is 1. The molecule has 23 heavy (non-hydrogen) atoms. The molecule has 1 saturated carbocycles. The van der Waals surface area contributed by atoms with Crippen molar-refractivity contribution >= 4 is 5.97 Å². The van der Waals surface area contributed by atoms with Crippen LogP contribution in [0.4, 0.5) is 0 Å². The fourth-order valence-electron chi connectivity index (χ4n) is 3.48. The number of esters is 1. The number of hydrogen-bond donors (Lipinski definition) is 0. The van der Waals surface area contributed by atoms with Gasteiger partial charge in [-0.1, -0.05) is 58.8 Å². The first kappa shape index (κ1) is 20.5. The van der Waals surface area contributed by atoms with Gasteiger partial charge >= 0.3 is 5.97 Å². The second-order valence-corrected chi connectivity index (χ2v) is 8.24. The highest BCUT2D eigenvalue weighted by Crippen LogP contribution is 2.37. The summed E-state index contributed by atoms with van der Waals surface area (Å²) in [5.74, 6) is 0.0212. The minimum Gasteiger partial charge on any atom is -0.459 e. The fourth-order valence-corrected chi connectivity index (χ4v) is 3.48. The molecule has 1 rings (SSSR count). The van der Waals surface area contributed by atoms with Gasteiger partial charge in [-0.15, -0.1) is 0 Å². The van der Waals surface area contributed by atoms with Gasteiger partial charge in [0.1, 0.15) is 5.60 Å². The molecule has 1 fully saturated rings. The van der Waals surface area contributed by atoms with Crippen molar-refractivity contribution < 1.29 is 9.53 Å². The minimum atomic E-state index is -0.347. The summed E-state index contributed by atoms with van der Waals surface area (Å²) in [6.45, 7) is 8.37. The van der Waals surface area contributed by atoms with Gasteiger partial charge in [-0.2, -0.15) is 0 Å². The van der Waals surface area contributed by atoms with E-state index in [1.54, 1.807) is 0 Å². The number of carbonyl (C=O) groups excluding carboxylic acids is 1. The van der Waals surface area contributed by atoms with E-state index >= 15 is 0 Å². The lowest BCUT2D eigenvalue weighted by Gasteiger charge is -2.36. The molecule has 0 spiro atoms. The summed E-state index contributed by atoms with van der Waals surface area (Å²) in [4.78, 5) is 12.6. The number of hydrogen-bond acceptors (Lipinski definition) is 2. The highest BCUT2D eigenvalue weighted by atomic mass is 16.6. The second kappa shape index (κ2) is 10.4. The first-order valence-electron chi connectivity index (χ1n) is 10.2. The zero-order valence-electron chi connectivity index (χ0n) is 16.2. The summed E-state index contributed by atoms with van der Waals surface area (Å²) < 4.78 is 6.20. The van der Waals surface area contributed by atoms with E-state index in [4.69, 9.17) is 4.74 Å². The predicted octanol–water partition coefficient (Wildman–Crippen LogP) is 6.81. The van der Waals surface area contributed by atoms with E-state index < -0.39 is 0 Å². The predicted molar refractivity (Wildman–Crippen MR) is 98.6 cm³/mol. The van der Waals surface area contributed by atoms with Crippen LogP contribution in [-0.2, 0) is 9.53 Å². The van der Waals surface area contributed by atoms with Crippen LogP contribution in [0.2, 0.25) is 0 Å². The van der Waals surface area contributed by atoms with Gasteiger partial charge in [0.15, 0.2) is 0 Å². The van der Waals surface area contributed by atoms with Crippen LogP contribution in [0.5, 0.6) is 0 Å². The fraction of sp³-hybridized carbons (Fsp3) is 0.952. The van der Waals surface area contributed by atoms with Crippen molar-refractivity contribution in [2.45, 2.75) is 123 Å². The Morgan fingerprint density at radius 3 is 2.04 bits per heavy atom. The van der Waals surface area contributed by atoms with E-state index in [2.05, 4.69) is 13.8 Å². The van der Waals surface area contributed by atoms with E-state index in [0.29, 0.717) is 0 Å². The molecule has 0 radical (unpaired) electrons. The molecular formula is C21H40O2. The Bertz CT molecular complexity index is 325. The smallest absolute Gasteiger partial charge is 0.312 e. The number of unbranched alkanes of at least 4 members (excludes halogenated alkanes) is 5. The molecule has 0 N–H and O–H groups in total. The summed E-state index contributed by atoms with van der Waals surface area (Å²) in [5, 5.41) is 0. The van der Waals surface area contributed by atoms with Gasteiger partial charge in [0.2, 0.25) is 0 Å². The third-order valence-corrected chi connectivity index (χ3v) is 5.75. The van der Waals surface area contributed by atoms with Gasteiger partial charge in [0.05, 0.1) is 5.41 Å². The molecule has 0 aromatic heterocycles. The van der Waals surface area contributed by atoms with Crippen molar-refractivity contribution in [2.24, 2.45) is 5.41 Å². The van der Waals surface area contributed by atoms with Crippen molar-refractivity contribution in [3.05, 3.63) is 0 Å². The highest BCUT2D eigenvalue weighted by Gasteiger charge is 2.38. The summed E-state index contributed by atoms with van der Waals surface area (Å²) in [6.07, 6.45) is 16.9. The topological polar surface area (TPSA) is 26.3 Å². The molecule has 136 valence electrons. The zero-order valence-corrected chi connectivity index (χ0v) is 16.2. The lowest BCUT2D eigenvalue weighted by molar-refractivity contribution is -0.173. The van der Waals surface area contributed by atoms with E-state index in [0.717, 1.165) is 25.7 Å². The van der Waals surface area contributed by atoms with Crippen LogP contribution in [-0.4, -0.2) is 11.6 Å². The normalized spacial score (nSPS) is 18.4. The van der Waals surface area contributed by atoms with E-state index in [1.165, 1.54) is 64.2 Å². The second-order valence-electron chi connectivity index (χ2n) is 8.24. The minimum absolute atomic E-state index is 0.0212. The van der Waals surface area contributed by atoms with Gasteiger partial charge in [-0.25, -0.2) is 0 Å². The van der Waals surface area contributed by atoms with Crippen molar-refractivity contribution in [2.75, 3.05) is 0 Å². The molecule has 0 saturated heterocycles. The summed E-state index contributed by atoms with van der Waals surface area (Å²) in [5.41, 5.74) is -0.509. The average molecular weight is 325 g/mol. The van der Waals surface area contributed by atoms with Gasteiger partial charge in [0, 0.05) is 0 Å². The molecule has 1 aliphatic rings. The van der Waals surface area contributed by atoms with E-state index in [9.17, 15) is 4.79 Å². The van der Waals surface area contributed by atoms with Crippen LogP contribution < -0.4 is 0 Å². The Labute approximate surface area is 144 Å². The molecule has 0 unspecified atom stereocenters. The molecule has 0 aromatic carbocycles. The Kier molecular flexibility index (Phi) is 9.24. The van der Waals surface area contributed by atoms with Crippen molar-refractivity contribution in [1.82, 2.24) is 0 Å². The molecule has 0 aromatic rings. The van der Waals surface area contributed by atoms with Crippen LogP contribution in [0, 0.1) is 5.41 Å². The Balaban J connectivity index is 2.57. The number of ether oxygens (including phenoxy) is 1. The van der Waals surface area contributed by atoms with Crippen LogP contribution in [0.15, 0.2) is 0 Å². The maximum Gasteiger partial charge on any atom is 0.312 e. The molecule has 0 aliphatic heterocycles. The first-order valence-corrected chi connectivity index (χ1v) is 10.2. The molecular weight excluding hydrogens is 284 g/mol. The summed E-state index contributed by atoms with van der Waals surface area (Å²) >= 11 is 0. The average Bonchev–Trinajstić information content (AvgIpc) is 2.76. The maximum absolute atomic E-state index is 12.6. The maximum atomic E-state index is 12.6. The van der Waals surface area contributed by atoms with E-state index in [-0.39, 0.29) is 17.0 Å². The molecule has 1 aliphatic carbocycles. The summed E-state index contributed by atoms with van der Waals surface area (Å²) in [7, 11) is 0. The van der Waals surface area contributed by atoms with Crippen LogP contribution in [0.25, 0.3) is 0 Å². The Morgan fingerprint density at radius 2 is 1.48 bits per heavy atom. The SMILES string of the molecule is CCCCCCCCC1(OC(=O)C(C)(C)CC)CCCCCC1. The van der Waals surface area contributed by atoms with Gasteiger partial charge < -0.3 is 4.74 Å². The van der Waals surface area contributed by atoms with Crippen molar-refractivity contribution in [3.63, 3.8) is 0 Å². The van der Waals surface area contributed by atoms with Gasteiger partial charge in [0.25, 0.3) is 0 Å². The Hall–Kier alpha value is -0.530. The van der Waals surface area contributed by atoms with Crippen LogP contribution in [0.1, 0.15) is 118 Å². The van der Waals surface area contributed by atoms with Gasteiger partial charge in [-0.05, 0) is 58.8 Å². The third-order valence-electron chi connectivity index (χ3n) is 5.75. The zero-order chi connectivity index (χ0) is 17.2. The molecule has 2 nitrogen and oxygen atoms in total. The standard InChI is InChI=1S/C21H40O2/c1-5-7-8-9-10-13-16-21(17-14-11-12-15-18-21)23-19(22)20(3,4)6-2/h5-18H2,1-4H3. The lowest BCUT2D eigenvalue weighted by atomic mass is 9.86. The number of rotatable bonds is 10. The Morgan fingerprint density at radius 1 is 0.913 bits per heavy atom. The quantitative estimate of drug-likeness (QED) is 0.251. The molecule has 0 amide bonds. The van der Waals surface area contributed by atoms with Crippen LogP contribution >= 0.6 is 0 Å². The van der Waals surface area contributed by atoms with Crippen molar-refractivity contribution in [1.29, 1.82) is 0 Å². The molecule has 2 heteroatoms. The van der Waals surface area contributed by atoms with Crippen LogP contribution in [0.3, 0.4) is 0 Å². The molecule has 0 bridgehead atoms. The van der Waals surface area contributed by atoms with Gasteiger partial charge in [-0.3, -0.25) is 4.79 Å². The largest absolute Gasteiger partial charge is 0.459 e. The summed E-state index contributed by atoms with van der Waals surface area (Å²) in [6, 6.07) is 0. The van der Waals surface area contributed by atoms with E-state index in [1.807, 2.05) is 13.8 Å². The monoisotopic (exact) mass is 324 g/mol. The lowest BCUT2D eigenvalue weighted by Crippen LogP contribution is -2.39.